The summed E-state index contributed by atoms with van der Waals surface area (Å²) in [6, 6.07) is 14.5. The van der Waals surface area contributed by atoms with Gasteiger partial charge in [0.25, 0.3) is 0 Å². The molecule has 1 aliphatic rings. The number of benzene rings is 2. The highest BCUT2D eigenvalue weighted by Crippen LogP contribution is 2.31. The van der Waals surface area contributed by atoms with Crippen LogP contribution < -0.4 is 10.1 Å². The lowest BCUT2D eigenvalue weighted by atomic mass is 9.99. The zero-order valence-electron chi connectivity index (χ0n) is 17.2. The minimum Gasteiger partial charge on any atom is -0.508 e. The molecule has 0 spiro atoms. The number of aromatic hydroxyl groups is 1. The van der Waals surface area contributed by atoms with Gasteiger partial charge in [-0.15, -0.1) is 0 Å². The van der Waals surface area contributed by atoms with Crippen LogP contribution in [0.2, 0.25) is 0 Å². The molecule has 1 aliphatic heterocycles. The summed E-state index contributed by atoms with van der Waals surface area (Å²) in [4.78, 5) is 14.5. The number of hydrogen-bond acceptors (Lipinski definition) is 4. The number of phenolic OH excluding ortho intramolecular Hbond substituents is 1. The van der Waals surface area contributed by atoms with Crippen LogP contribution in [-0.4, -0.2) is 35.7 Å². The van der Waals surface area contributed by atoms with Crippen LogP contribution in [0.15, 0.2) is 59.0 Å². The Morgan fingerprint density at radius 2 is 2.07 bits per heavy atom. The fourth-order valence-electron chi connectivity index (χ4n) is 3.68. The number of nitrogens with zero attached hydrogens (tertiary/aromatic N) is 1. The minimum atomic E-state index is -0.262. The molecule has 0 aliphatic carbocycles. The number of nitrogens with one attached hydrogen (secondary N) is 1. The van der Waals surface area contributed by atoms with Crippen molar-refractivity contribution in [1.29, 1.82) is 0 Å². The molecule has 0 saturated carbocycles. The Bertz CT molecular complexity index is 1070. The van der Waals surface area contributed by atoms with Crippen molar-refractivity contribution < 1.29 is 19.1 Å². The topological polar surface area (TPSA) is 74.9 Å². The number of carbonyl (C=O) groups excluding carboxylic acids is 1. The van der Waals surface area contributed by atoms with E-state index in [-0.39, 0.29) is 17.8 Å². The Morgan fingerprint density at radius 1 is 1.27 bits per heavy atom. The van der Waals surface area contributed by atoms with Crippen LogP contribution in [0, 0.1) is 0 Å². The number of phenols is 1. The first kappa shape index (κ1) is 19.9. The smallest absolute Gasteiger partial charge is 0.318 e. The fraction of sp³-hybridized carbons (Fsp3) is 0.292. The van der Waals surface area contributed by atoms with Gasteiger partial charge in [-0.1, -0.05) is 30.3 Å². The van der Waals surface area contributed by atoms with Gasteiger partial charge in [0.2, 0.25) is 0 Å². The zero-order valence-corrected chi connectivity index (χ0v) is 17.2. The molecule has 30 heavy (non-hydrogen) atoms. The van der Waals surface area contributed by atoms with Crippen LogP contribution in [0.3, 0.4) is 0 Å². The standard InChI is InChI=1S/C24H26N2O4/c1-3-29-21-6-4-5-19-15-22(30-23(19)21)16(2)25-24(28)26-13-11-18(12-14-26)17-7-9-20(27)10-8-17/h4-11,15-16,27H,3,12-14H2,1-2H3,(H,25,28). The van der Waals surface area contributed by atoms with Gasteiger partial charge < -0.3 is 24.5 Å². The first-order valence-electron chi connectivity index (χ1n) is 10.2. The second kappa shape index (κ2) is 8.53. The van der Waals surface area contributed by atoms with E-state index in [0.717, 1.165) is 17.4 Å². The average Bonchev–Trinajstić information content (AvgIpc) is 3.20. The number of para-hydroxylation sites is 1. The Balaban J connectivity index is 1.41. The SMILES string of the molecule is CCOc1cccc2cc(C(C)NC(=O)N3CC=C(c4ccc(O)cc4)CC3)oc12. The zero-order chi connectivity index (χ0) is 21.1. The first-order chi connectivity index (χ1) is 14.5. The van der Waals surface area contributed by atoms with Gasteiger partial charge in [0.15, 0.2) is 11.3 Å². The van der Waals surface area contributed by atoms with Crippen LogP contribution in [0.5, 0.6) is 11.5 Å². The normalized spacial score (nSPS) is 15.0. The van der Waals surface area contributed by atoms with E-state index in [1.54, 1.807) is 17.0 Å². The molecule has 1 aromatic heterocycles. The molecule has 2 amide bonds. The highest BCUT2D eigenvalue weighted by atomic mass is 16.5. The van der Waals surface area contributed by atoms with Gasteiger partial charge in [0.1, 0.15) is 11.5 Å². The third kappa shape index (κ3) is 4.13. The maximum absolute atomic E-state index is 12.7. The number of rotatable bonds is 5. The van der Waals surface area contributed by atoms with Crippen LogP contribution in [0.1, 0.15) is 37.6 Å². The van der Waals surface area contributed by atoms with E-state index in [9.17, 15) is 9.90 Å². The Morgan fingerprint density at radius 3 is 2.77 bits per heavy atom. The quantitative estimate of drug-likeness (QED) is 0.618. The number of furan rings is 1. The van der Waals surface area contributed by atoms with Crippen molar-refractivity contribution in [3.63, 3.8) is 0 Å². The van der Waals surface area contributed by atoms with Crippen molar-refractivity contribution in [2.75, 3.05) is 19.7 Å². The number of urea groups is 1. The summed E-state index contributed by atoms with van der Waals surface area (Å²) in [6.07, 6.45) is 2.84. The first-order valence-corrected chi connectivity index (χ1v) is 10.2. The maximum atomic E-state index is 12.7. The highest BCUT2D eigenvalue weighted by molar-refractivity contribution is 5.84. The van der Waals surface area contributed by atoms with Crippen molar-refractivity contribution >= 4 is 22.6 Å². The van der Waals surface area contributed by atoms with Gasteiger partial charge in [-0.05, 0) is 55.7 Å². The summed E-state index contributed by atoms with van der Waals surface area (Å²) in [5, 5.41) is 13.4. The molecule has 0 bridgehead atoms. The van der Waals surface area contributed by atoms with Crippen molar-refractivity contribution in [2.45, 2.75) is 26.3 Å². The van der Waals surface area contributed by atoms with E-state index in [2.05, 4.69) is 11.4 Å². The van der Waals surface area contributed by atoms with Crippen molar-refractivity contribution in [2.24, 2.45) is 0 Å². The predicted molar refractivity (Wildman–Crippen MR) is 117 cm³/mol. The molecular formula is C24H26N2O4. The lowest BCUT2D eigenvalue weighted by Gasteiger charge is -2.28. The monoisotopic (exact) mass is 406 g/mol. The Kier molecular flexibility index (Phi) is 5.65. The minimum absolute atomic E-state index is 0.117. The van der Waals surface area contributed by atoms with Gasteiger partial charge >= 0.3 is 6.03 Å². The molecule has 1 atom stereocenters. The van der Waals surface area contributed by atoms with Crippen molar-refractivity contribution in [3.8, 4) is 11.5 Å². The van der Waals surface area contributed by atoms with Gasteiger partial charge in [0, 0.05) is 18.5 Å². The molecule has 2 heterocycles. The lowest BCUT2D eigenvalue weighted by molar-refractivity contribution is 0.198. The molecule has 2 aromatic carbocycles. The van der Waals surface area contributed by atoms with E-state index in [0.29, 0.717) is 36.8 Å². The van der Waals surface area contributed by atoms with E-state index in [1.807, 2.05) is 50.2 Å². The van der Waals surface area contributed by atoms with E-state index in [1.165, 1.54) is 5.57 Å². The maximum Gasteiger partial charge on any atom is 0.318 e. The second-order valence-corrected chi connectivity index (χ2v) is 7.40. The summed E-state index contributed by atoms with van der Waals surface area (Å²) in [5.74, 6) is 1.66. The van der Waals surface area contributed by atoms with Crippen molar-refractivity contribution in [1.82, 2.24) is 10.2 Å². The molecule has 0 saturated heterocycles. The molecule has 4 rings (SSSR count). The molecule has 156 valence electrons. The molecule has 3 aromatic rings. The summed E-state index contributed by atoms with van der Waals surface area (Å²) in [6.45, 7) is 5.60. The van der Waals surface area contributed by atoms with E-state index < -0.39 is 0 Å². The summed E-state index contributed by atoms with van der Waals surface area (Å²) in [7, 11) is 0. The van der Waals surface area contributed by atoms with Crippen molar-refractivity contribution in [3.05, 3.63) is 65.9 Å². The lowest BCUT2D eigenvalue weighted by Crippen LogP contribution is -2.42. The molecule has 1 unspecified atom stereocenters. The van der Waals surface area contributed by atoms with E-state index >= 15 is 0 Å². The third-order valence-electron chi connectivity index (χ3n) is 5.33. The van der Waals surface area contributed by atoms with Crippen LogP contribution in [0.4, 0.5) is 4.79 Å². The molecular weight excluding hydrogens is 380 g/mol. The Labute approximate surface area is 175 Å². The van der Waals surface area contributed by atoms with E-state index in [4.69, 9.17) is 9.15 Å². The van der Waals surface area contributed by atoms with Crippen LogP contribution in [-0.2, 0) is 0 Å². The molecule has 0 fully saturated rings. The number of ether oxygens (including phenoxy) is 1. The summed E-state index contributed by atoms with van der Waals surface area (Å²) >= 11 is 0. The van der Waals surface area contributed by atoms with Gasteiger partial charge in [-0.3, -0.25) is 0 Å². The largest absolute Gasteiger partial charge is 0.508 e. The molecule has 2 N–H and O–H groups in total. The summed E-state index contributed by atoms with van der Waals surface area (Å²) < 4.78 is 11.6. The van der Waals surface area contributed by atoms with Gasteiger partial charge in [0.05, 0.1) is 12.6 Å². The van der Waals surface area contributed by atoms with Crippen LogP contribution >= 0.6 is 0 Å². The van der Waals surface area contributed by atoms with Crippen LogP contribution in [0.25, 0.3) is 16.5 Å². The number of fused-ring (bicyclic) bond motifs is 1. The summed E-state index contributed by atoms with van der Waals surface area (Å²) in [5.41, 5.74) is 2.97. The number of carbonyl (C=O) groups is 1. The molecule has 6 nitrogen and oxygen atoms in total. The average molecular weight is 406 g/mol. The third-order valence-corrected chi connectivity index (χ3v) is 5.33. The molecule has 0 radical (unpaired) electrons. The number of amides is 2. The number of hydrogen-bond donors (Lipinski definition) is 2. The molecule has 6 heteroatoms. The van der Waals surface area contributed by atoms with Gasteiger partial charge in [-0.2, -0.15) is 0 Å². The Hall–Kier alpha value is -3.41. The second-order valence-electron chi connectivity index (χ2n) is 7.40. The predicted octanol–water partition coefficient (Wildman–Crippen LogP) is 5.10. The fourth-order valence-corrected chi connectivity index (χ4v) is 3.68. The highest BCUT2D eigenvalue weighted by Gasteiger charge is 2.22. The van der Waals surface area contributed by atoms with Gasteiger partial charge in [-0.25, -0.2) is 4.79 Å².